The lowest BCUT2D eigenvalue weighted by molar-refractivity contribution is 0.102. The number of carbonyl (C=O) groups is 1. The number of rotatable bonds is 6. The Morgan fingerprint density at radius 1 is 1.15 bits per heavy atom. The summed E-state index contributed by atoms with van der Waals surface area (Å²) in [5, 5.41) is 24.2. The molecule has 2 aromatic carbocycles. The van der Waals surface area contributed by atoms with Gasteiger partial charge in [0.05, 0.1) is 17.0 Å². The number of phenols is 2. The van der Waals surface area contributed by atoms with Gasteiger partial charge in [-0.15, -0.1) is 5.10 Å². The van der Waals surface area contributed by atoms with Crippen molar-refractivity contribution in [3.05, 3.63) is 59.9 Å². The Hall–Kier alpha value is -2.80. The van der Waals surface area contributed by atoms with Gasteiger partial charge >= 0.3 is 0 Å². The van der Waals surface area contributed by atoms with Crippen LogP contribution in [0.4, 0.5) is 0 Å². The topological polar surface area (TPSA) is 88.2 Å². The van der Waals surface area contributed by atoms with E-state index in [9.17, 15) is 15.0 Å². The molecule has 6 nitrogen and oxygen atoms in total. The molecule has 7 heteroatoms. The van der Waals surface area contributed by atoms with Crippen LogP contribution in [-0.4, -0.2) is 36.5 Å². The first-order valence-electron chi connectivity index (χ1n) is 8.32. The molecule has 1 aromatic heterocycles. The molecular formula is C19H17N3O3S. The molecule has 1 saturated carbocycles. The first-order chi connectivity index (χ1) is 12.6. The van der Waals surface area contributed by atoms with Crippen LogP contribution in [0.1, 0.15) is 34.9 Å². The summed E-state index contributed by atoms with van der Waals surface area (Å²) in [5.41, 5.74) is 1.14. The molecule has 0 aliphatic heterocycles. The van der Waals surface area contributed by atoms with Crippen molar-refractivity contribution >= 4 is 17.5 Å². The molecule has 0 radical (unpaired) electrons. The number of hydrogen-bond acceptors (Lipinski definition) is 6. The van der Waals surface area contributed by atoms with Gasteiger partial charge in [0.2, 0.25) is 5.16 Å². The lowest BCUT2D eigenvalue weighted by Crippen LogP contribution is -2.03. The Kier molecular flexibility index (Phi) is 4.38. The highest BCUT2D eigenvalue weighted by Crippen LogP contribution is 2.40. The number of aromatic nitrogens is 3. The lowest BCUT2D eigenvalue weighted by Gasteiger charge is -2.03. The number of para-hydroxylation sites is 1. The summed E-state index contributed by atoms with van der Waals surface area (Å²) in [5.74, 6) is 0.923. The Labute approximate surface area is 154 Å². The van der Waals surface area contributed by atoms with Crippen molar-refractivity contribution < 1.29 is 15.0 Å². The van der Waals surface area contributed by atoms with Crippen LogP contribution in [0.2, 0.25) is 0 Å². The maximum Gasteiger partial charge on any atom is 0.209 e. The van der Waals surface area contributed by atoms with E-state index in [1.807, 2.05) is 35.0 Å². The molecule has 0 spiro atoms. The molecule has 26 heavy (non-hydrogen) atoms. The van der Waals surface area contributed by atoms with Crippen LogP contribution in [0.25, 0.3) is 5.69 Å². The summed E-state index contributed by atoms with van der Waals surface area (Å²) < 4.78 is 1.85. The Balaban J connectivity index is 1.53. The predicted molar refractivity (Wildman–Crippen MR) is 98.2 cm³/mol. The molecule has 0 atom stereocenters. The van der Waals surface area contributed by atoms with Crippen molar-refractivity contribution in [2.24, 2.45) is 0 Å². The second-order valence-corrected chi connectivity index (χ2v) is 7.13. The van der Waals surface area contributed by atoms with Crippen molar-refractivity contribution in [1.82, 2.24) is 14.8 Å². The summed E-state index contributed by atoms with van der Waals surface area (Å²) in [6.45, 7) is 0. The summed E-state index contributed by atoms with van der Waals surface area (Å²) in [6.07, 6.45) is 2.21. The number of ketones is 1. The molecule has 0 saturated heterocycles. The molecule has 132 valence electrons. The van der Waals surface area contributed by atoms with Gasteiger partial charge in [-0.05, 0) is 37.1 Å². The van der Waals surface area contributed by atoms with Gasteiger partial charge in [-0.3, -0.25) is 4.79 Å². The SMILES string of the molecule is O=C(CSc1nc(C2CC2)n(-c2ccccc2)n1)c1ccc(O)cc1O. The van der Waals surface area contributed by atoms with Crippen LogP contribution >= 0.6 is 11.8 Å². The number of thioether (sulfide) groups is 1. The Bertz CT molecular complexity index is 952. The van der Waals surface area contributed by atoms with Gasteiger partial charge in [0.1, 0.15) is 17.3 Å². The first-order valence-corrected chi connectivity index (χ1v) is 9.31. The summed E-state index contributed by atoms with van der Waals surface area (Å²) >= 11 is 1.24. The summed E-state index contributed by atoms with van der Waals surface area (Å²) in [7, 11) is 0. The molecule has 2 N–H and O–H groups in total. The van der Waals surface area contributed by atoms with Gasteiger partial charge in [0, 0.05) is 12.0 Å². The van der Waals surface area contributed by atoms with E-state index in [1.54, 1.807) is 0 Å². The number of benzene rings is 2. The smallest absolute Gasteiger partial charge is 0.209 e. The maximum absolute atomic E-state index is 12.3. The molecule has 1 heterocycles. The Morgan fingerprint density at radius 3 is 2.62 bits per heavy atom. The van der Waals surface area contributed by atoms with Crippen LogP contribution in [-0.2, 0) is 0 Å². The molecule has 1 fully saturated rings. The Morgan fingerprint density at radius 2 is 1.92 bits per heavy atom. The normalized spacial score (nSPS) is 13.7. The number of carbonyl (C=O) groups excluding carboxylic acids is 1. The second kappa shape index (κ2) is 6.84. The number of hydrogen-bond donors (Lipinski definition) is 2. The van der Waals surface area contributed by atoms with Crippen molar-refractivity contribution in [1.29, 1.82) is 0 Å². The van der Waals surface area contributed by atoms with E-state index in [1.165, 1.54) is 23.9 Å². The van der Waals surface area contributed by atoms with Gasteiger partial charge in [-0.1, -0.05) is 30.0 Å². The molecule has 0 unspecified atom stereocenters. The van der Waals surface area contributed by atoms with E-state index in [0.717, 1.165) is 30.4 Å². The fraction of sp³-hybridized carbons (Fsp3) is 0.211. The van der Waals surface area contributed by atoms with Crippen LogP contribution in [0.15, 0.2) is 53.7 Å². The second-order valence-electron chi connectivity index (χ2n) is 6.19. The molecular weight excluding hydrogens is 350 g/mol. The molecule has 0 amide bonds. The minimum atomic E-state index is -0.239. The predicted octanol–water partition coefficient (Wildman–Crippen LogP) is 3.53. The number of nitrogens with zero attached hydrogens (tertiary/aromatic N) is 3. The number of aromatic hydroxyl groups is 2. The lowest BCUT2D eigenvalue weighted by atomic mass is 10.1. The minimum absolute atomic E-state index is 0.0796. The third-order valence-corrected chi connectivity index (χ3v) is 5.01. The van der Waals surface area contributed by atoms with Gasteiger partial charge in [-0.2, -0.15) is 0 Å². The van der Waals surface area contributed by atoms with E-state index in [2.05, 4.69) is 10.1 Å². The van der Waals surface area contributed by atoms with Crippen LogP contribution in [0, 0.1) is 0 Å². The number of Topliss-reactive ketones (excluding diaryl/α,β-unsaturated/α-hetero) is 1. The number of phenolic OH excluding ortho intramolecular Hbond substituents is 2. The van der Waals surface area contributed by atoms with Gasteiger partial charge < -0.3 is 10.2 Å². The van der Waals surface area contributed by atoms with E-state index < -0.39 is 0 Å². The minimum Gasteiger partial charge on any atom is -0.508 e. The molecule has 0 bridgehead atoms. The van der Waals surface area contributed by atoms with Crippen molar-refractivity contribution in [3.8, 4) is 17.2 Å². The highest BCUT2D eigenvalue weighted by molar-refractivity contribution is 7.99. The van der Waals surface area contributed by atoms with E-state index >= 15 is 0 Å². The maximum atomic E-state index is 12.3. The van der Waals surface area contributed by atoms with Crippen LogP contribution in [0.5, 0.6) is 11.5 Å². The molecule has 1 aliphatic rings. The highest BCUT2D eigenvalue weighted by atomic mass is 32.2. The zero-order chi connectivity index (χ0) is 18.1. The fourth-order valence-corrected chi connectivity index (χ4v) is 3.41. The molecule has 4 rings (SSSR count). The van der Waals surface area contributed by atoms with Gasteiger partial charge in [0.25, 0.3) is 0 Å². The average molecular weight is 367 g/mol. The molecule has 3 aromatic rings. The molecule has 1 aliphatic carbocycles. The highest BCUT2D eigenvalue weighted by Gasteiger charge is 2.30. The standard InChI is InChI=1S/C19H17N3O3S/c23-14-8-9-15(16(24)10-14)17(25)11-26-19-20-18(12-6-7-12)22(21-19)13-4-2-1-3-5-13/h1-5,8-10,12,23-24H,6-7,11H2. The van der Waals surface area contributed by atoms with Crippen LogP contribution < -0.4 is 0 Å². The van der Waals surface area contributed by atoms with Crippen molar-refractivity contribution in [3.63, 3.8) is 0 Å². The van der Waals surface area contributed by atoms with Crippen molar-refractivity contribution in [2.45, 2.75) is 23.9 Å². The third-order valence-electron chi connectivity index (χ3n) is 4.17. The monoisotopic (exact) mass is 367 g/mol. The third kappa shape index (κ3) is 3.43. The van der Waals surface area contributed by atoms with Crippen LogP contribution in [0.3, 0.4) is 0 Å². The van der Waals surface area contributed by atoms with Gasteiger partial charge in [-0.25, -0.2) is 9.67 Å². The quantitative estimate of drug-likeness (QED) is 0.512. The van der Waals surface area contributed by atoms with Crippen molar-refractivity contribution in [2.75, 3.05) is 5.75 Å². The zero-order valence-corrected chi connectivity index (χ0v) is 14.7. The zero-order valence-electron chi connectivity index (χ0n) is 13.9. The first kappa shape index (κ1) is 16.7. The summed E-state index contributed by atoms with van der Waals surface area (Å²) in [4.78, 5) is 16.9. The van der Waals surface area contributed by atoms with Gasteiger partial charge in [0.15, 0.2) is 5.78 Å². The summed E-state index contributed by atoms with van der Waals surface area (Å²) in [6, 6.07) is 13.8. The average Bonchev–Trinajstić information content (AvgIpc) is 3.40. The largest absolute Gasteiger partial charge is 0.508 e. The fourth-order valence-electron chi connectivity index (χ4n) is 2.69. The van der Waals surface area contributed by atoms with E-state index in [-0.39, 0.29) is 28.6 Å². The van der Waals surface area contributed by atoms with E-state index in [4.69, 9.17) is 0 Å². The van der Waals surface area contributed by atoms with E-state index in [0.29, 0.717) is 11.1 Å².